The van der Waals surface area contributed by atoms with Gasteiger partial charge < -0.3 is 14.5 Å². The maximum atomic E-state index is 13.0. The topological polar surface area (TPSA) is 96.2 Å². The molecule has 10 heteroatoms. The fourth-order valence-electron chi connectivity index (χ4n) is 4.34. The van der Waals surface area contributed by atoms with E-state index in [0.717, 1.165) is 30.7 Å². The molecule has 2 saturated heterocycles. The van der Waals surface area contributed by atoms with Crippen LogP contribution in [0.1, 0.15) is 19.3 Å². The van der Waals surface area contributed by atoms with Crippen LogP contribution in [0.5, 0.6) is 5.75 Å². The molecule has 0 radical (unpaired) electrons. The first kappa shape index (κ1) is 22.3. The van der Waals surface area contributed by atoms with Crippen LogP contribution in [0.3, 0.4) is 0 Å². The molecule has 4 rings (SSSR count). The predicted octanol–water partition coefficient (Wildman–Crippen LogP) is 3.10. The summed E-state index contributed by atoms with van der Waals surface area (Å²) in [6.45, 7) is 3.50. The average Bonchev–Trinajstić information content (AvgIpc) is 2.84. The Bertz CT molecular complexity index is 1080. The highest BCUT2D eigenvalue weighted by molar-refractivity contribution is 7.89. The number of benzene rings is 2. The van der Waals surface area contributed by atoms with Crippen molar-refractivity contribution in [1.29, 1.82) is 0 Å². The minimum atomic E-state index is -3.73. The highest BCUT2D eigenvalue weighted by Gasteiger charge is 2.30. The normalized spacial score (nSPS) is 17.9. The smallest absolute Gasteiger partial charge is 0.293 e. The molecule has 172 valence electrons. The summed E-state index contributed by atoms with van der Waals surface area (Å²) in [6, 6.07) is 12.1. The van der Waals surface area contributed by atoms with Crippen molar-refractivity contribution in [3.63, 3.8) is 0 Å². The summed E-state index contributed by atoms with van der Waals surface area (Å²) in [5.41, 5.74) is 1.33. The van der Waals surface area contributed by atoms with E-state index in [-0.39, 0.29) is 10.6 Å². The van der Waals surface area contributed by atoms with Crippen LogP contribution in [0.2, 0.25) is 0 Å². The standard InChI is InChI=1S/C22H28N4O5S/c1-31-19-7-5-6-18(16-19)23-12-14-24(15-13-23)21-9-8-20(17-22(21)26(27)28)32(29,30)25-10-3-2-4-11-25/h5-9,16-17H,2-4,10-15H2,1H3. The number of nitro benzene ring substituents is 1. The number of piperazine rings is 1. The molecule has 32 heavy (non-hydrogen) atoms. The fraction of sp³-hybridized carbons (Fsp3) is 0.455. The van der Waals surface area contributed by atoms with Crippen LogP contribution in [0.15, 0.2) is 47.4 Å². The summed E-state index contributed by atoms with van der Waals surface area (Å²) < 4.78 is 32.7. The quantitative estimate of drug-likeness (QED) is 0.483. The Morgan fingerprint density at radius 1 is 0.906 bits per heavy atom. The Hall–Kier alpha value is -2.85. The van der Waals surface area contributed by atoms with Crippen LogP contribution in [0.25, 0.3) is 0 Å². The van der Waals surface area contributed by atoms with E-state index in [4.69, 9.17) is 4.74 Å². The number of sulfonamides is 1. The van der Waals surface area contributed by atoms with E-state index in [1.165, 1.54) is 16.4 Å². The van der Waals surface area contributed by atoms with Gasteiger partial charge in [0.1, 0.15) is 11.4 Å². The third-order valence-electron chi connectivity index (χ3n) is 6.14. The summed E-state index contributed by atoms with van der Waals surface area (Å²) >= 11 is 0. The number of piperidine rings is 1. The first-order valence-corrected chi connectivity index (χ1v) is 12.3. The van der Waals surface area contributed by atoms with Gasteiger partial charge in [-0.05, 0) is 37.1 Å². The molecule has 2 aliphatic rings. The molecule has 0 aliphatic carbocycles. The number of hydrogen-bond donors (Lipinski definition) is 0. The summed E-state index contributed by atoms with van der Waals surface area (Å²) in [7, 11) is -2.10. The van der Waals surface area contributed by atoms with Gasteiger partial charge in [0.25, 0.3) is 5.69 Å². The molecule has 9 nitrogen and oxygen atoms in total. The number of hydrogen-bond acceptors (Lipinski definition) is 7. The van der Waals surface area contributed by atoms with Crippen LogP contribution in [0.4, 0.5) is 17.1 Å². The first-order valence-electron chi connectivity index (χ1n) is 10.8. The molecule has 0 amide bonds. The van der Waals surface area contributed by atoms with Crippen molar-refractivity contribution >= 4 is 27.1 Å². The Morgan fingerprint density at radius 2 is 1.59 bits per heavy atom. The lowest BCUT2D eigenvalue weighted by Crippen LogP contribution is -2.46. The van der Waals surface area contributed by atoms with Gasteiger partial charge in [-0.1, -0.05) is 12.5 Å². The average molecular weight is 461 g/mol. The lowest BCUT2D eigenvalue weighted by Gasteiger charge is -2.37. The first-order chi connectivity index (χ1) is 15.4. The molecule has 0 aromatic heterocycles. The van der Waals surface area contributed by atoms with Crippen molar-refractivity contribution in [2.75, 3.05) is 56.2 Å². The molecule has 2 heterocycles. The Balaban J connectivity index is 1.53. The molecular formula is C22H28N4O5S. The number of nitrogens with zero attached hydrogens (tertiary/aromatic N) is 4. The number of methoxy groups -OCH3 is 1. The van der Waals surface area contributed by atoms with Crippen LogP contribution < -0.4 is 14.5 Å². The molecule has 2 aromatic rings. The molecule has 2 fully saturated rings. The second-order valence-electron chi connectivity index (χ2n) is 8.05. The van der Waals surface area contributed by atoms with E-state index >= 15 is 0 Å². The van der Waals surface area contributed by atoms with Gasteiger partial charge in [0.05, 0.1) is 16.9 Å². The Labute approximate surface area is 188 Å². The summed E-state index contributed by atoms with van der Waals surface area (Å²) in [5, 5.41) is 11.8. The second-order valence-corrected chi connectivity index (χ2v) is 9.99. The number of rotatable bonds is 6. The predicted molar refractivity (Wildman–Crippen MR) is 123 cm³/mol. The lowest BCUT2D eigenvalue weighted by atomic mass is 10.2. The van der Waals surface area contributed by atoms with E-state index in [2.05, 4.69) is 4.90 Å². The molecule has 0 unspecified atom stereocenters. The van der Waals surface area contributed by atoms with Gasteiger partial charge >= 0.3 is 0 Å². The minimum absolute atomic E-state index is 0.00938. The lowest BCUT2D eigenvalue weighted by molar-refractivity contribution is -0.384. The van der Waals surface area contributed by atoms with Crippen molar-refractivity contribution in [2.45, 2.75) is 24.2 Å². The minimum Gasteiger partial charge on any atom is -0.497 e. The number of nitro groups is 1. The van der Waals surface area contributed by atoms with Crippen molar-refractivity contribution in [2.24, 2.45) is 0 Å². The Morgan fingerprint density at radius 3 is 2.25 bits per heavy atom. The van der Waals surface area contributed by atoms with Gasteiger partial charge in [0.2, 0.25) is 10.0 Å². The van der Waals surface area contributed by atoms with Crippen LogP contribution in [-0.4, -0.2) is 64.0 Å². The molecule has 2 aliphatic heterocycles. The summed E-state index contributed by atoms with van der Waals surface area (Å²) in [4.78, 5) is 15.5. The molecular weight excluding hydrogens is 432 g/mol. The van der Waals surface area contributed by atoms with Crippen LogP contribution >= 0.6 is 0 Å². The van der Waals surface area contributed by atoms with Gasteiger partial charge in [0.15, 0.2) is 0 Å². The largest absolute Gasteiger partial charge is 0.497 e. The van der Waals surface area contributed by atoms with Gasteiger partial charge in [0, 0.05) is 57.1 Å². The number of anilines is 2. The van der Waals surface area contributed by atoms with Crippen molar-refractivity contribution in [1.82, 2.24) is 4.31 Å². The van der Waals surface area contributed by atoms with Gasteiger partial charge in [-0.15, -0.1) is 0 Å². The Kier molecular flexibility index (Phi) is 6.52. The zero-order valence-corrected chi connectivity index (χ0v) is 19.0. The highest BCUT2D eigenvalue weighted by Crippen LogP contribution is 2.33. The molecule has 2 aromatic carbocycles. The van der Waals surface area contributed by atoms with E-state index in [0.29, 0.717) is 45.0 Å². The monoisotopic (exact) mass is 460 g/mol. The van der Waals surface area contributed by atoms with Crippen LogP contribution in [-0.2, 0) is 10.0 Å². The molecule has 0 atom stereocenters. The third kappa shape index (κ3) is 4.51. The van der Waals surface area contributed by atoms with Crippen LogP contribution in [0, 0.1) is 10.1 Å². The van der Waals surface area contributed by atoms with Gasteiger partial charge in [-0.2, -0.15) is 4.31 Å². The molecule has 0 spiro atoms. The third-order valence-corrected chi connectivity index (χ3v) is 8.03. The maximum Gasteiger partial charge on any atom is 0.293 e. The summed E-state index contributed by atoms with van der Waals surface area (Å²) in [5.74, 6) is 0.783. The summed E-state index contributed by atoms with van der Waals surface area (Å²) in [6.07, 6.45) is 2.64. The zero-order chi connectivity index (χ0) is 22.7. The van der Waals surface area contributed by atoms with Crippen molar-refractivity contribution in [3.8, 4) is 5.75 Å². The molecule has 0 bridgehead atoms. The fourth-order valence-corrected chi connectivity index (χ4v) is 5.88. The zero-order valence-electron chi connectivity index (χ0n) is 18.1. The van der Waals surface area contributed by atoms with E-state index < -0.39 is 14.9 Å². The molecule has 0 saturated carbocycles. The van der Waals surface area contributed by atoms with E-state index in [1.54, 1.807) is 13.2 Å². The molecule has 0 N–H and O–H groups in total. The van der Waals surface area contributed by atoms with Gasteiger partial charge in [-0.25, -0.2) is 8.42 Å². The van der Waals surface area contributed by atoms with Crippen molar-refractivity contribution < 1.29 is 18.1 Å². The van der Waals surface area contributed by atoms with Gasteiger partial charge in [-0.3, -0.25) is 10.1 Å². The maximum absolute atomic E-state index is 13.0. The second kappa shape index (κ2) is 9.33. The SMILES string of the molecule is COc1cccc(N2CCN(c3ccc(S(=O)(=O)N4CCCCC4)cc3[N+](=O)[O-])CC2)c1. The number of ether oxygens (including phenoxy) is 1. The highest BCUT2D eigenvalue weighted by atomic mass is 32.2. The van der Waals surface area contributed by atoms with E-state index in [9.17, 15) is 18.5 Å². The van der Waals surface area contributed by atoms with E-state index in [1.807, 2.05) is 29.2 Å². The van der Waals surface area contributed by atoms with Crippen molar-refractivity contribution in [3.05, 3.63) is 52.6 Å².